The maximum absolute atomic E-state index is 11.7. The van der Waals surface area contributed by atoms with Crippen LogP contribution in [0, 0.1) is 0 Å². The fourth-order valence-corrected chi connectivity index (χ4v) is 2.34. The Hall–Kier alpha value is -1.68. The number of hydrogen-bond acceptors (Lipinski definition) is 1. The van der Waals surface area contributed by atoms with Crippen molar-refractivity contribution in [3.8, 4) is 0 Å². The van der Waals surface area contributed by atoms with Gasteiger partial charge in [-0.05, 0) is 35.9 Å². The van der Waals surface area contributed by atoms with Gasteiger partial charge >= 0.3 is 6.03 Å². The second-order valence-corrected chi connectivity index (χ2v) is 5.39. The first-order chi connectivity index (χ1) is 10.0. The van der Waals surface area contributed by atoms with Crippen LogP contribution in [0.15, 0.2) is 48.7 Å². The third-order valence-corrected chi connectivity index (χ3v) is 3.28. The van der Waals surface area contributed by atoms with Gasteiger partial charge in [0.15, 0.2) is 0 Å². The normalized spacial score (nSPS) is 10.6. The fraction of sp³-hybridized carbons (Fsp3) is 0. The number of nitrogens with one attached hydrogen (secondary N) is 2. The summed E-state index contributed by atoms with van der Waals surface area (Å²) < 4.78 is 0. The number of rotatable bonds is 3. The molecule has 2 N–H and O–H groups in total. The molecule has 0 aliphatic heterocycles. The predicted molar refractivity (Wildman–Crippen MR) is 89.1 cm³/mol. The van der Waals surface area contributed by atoms with Gasteiger partial charge in [0.05, 0.1) is 0 Å². The standard InChI is InChI=1S/C15H11Cl3N2O/c16-11-7-12(17)9-13(8-11)20-15(21)19-6-5-10-3-1-2-4-14(10)18/h1-9H,(H2,19,20,21)/b6-5+. The van der Waals surface area contributed by atoms with Gasteiger partial charge in [0.25, 0.3) is 0 Å². The number of urea groups is 1. The van der Waals surface area contributed by atoms with Gasteiger partial charge in [0.2, 0.25) is 0 Å². The van der Waals surface area contributed by atoms with Crippen molar-refractivity contribution in [2.45, 2.75) is 0 Å². The molecule has 0 aliphatic rings. The molecular formula is C15H11Cl3N2O. The minimum Gasteiger partial charge on any atom is -0.314 e. The van der Waals surface area contributed by atoms with Crippen LogP contribution in [0.5, 0.6) is 0 Å². The average Bonchev–Trinajstić information content (AvgIpc) is 2.39. The molecule has 0 atom stereocenters. The minimum absolute atomic E-state index is 0.406. The Morgan fingerprint density at radius 3 is 2.33 bits per heavy atom. The number of anilines is 1. The molecule has 0 spiro atoms. The minimum atomic E-state index is -0.406. The lowest BCUT2D eigenvalue weighted by Gasteiger charge is -2.05. The fourth-order valence-electron chi connectivity index (χ4n) is 1.61. The molecule has 0 saturated carbocycles. The van der Waals surface area contributed by atoms with Crippen LogP contribution >= 0.6 is 34.8 Å². The van der Waals surface area contributed by atoms with E-state index in [-0.39, 0.29) is 0 Å². The summed E-state index contributed by atoms with van der Waals surface area (Å²) in [5, 5.41) is 6.70. The van der Waals surface area contributed by atoms with Crippen molar-refractivity contribution in [2.24, 2.45) is 0 Å². The van der Waals surface area contributed by atoms with Gasteiger partial charge in [-0.3, -0.25) is 0 Å². The highest BCUT2D eigenvalue weighted by atomic mass is 35.5. The van der Waals surface area contributed by atoms with Crippen molar-refractivity contribution in [1.82, 2.24) is 5.32 Å². The second-order valence-electron chi connectivity index (χ2n) is 4.11. The summed E-state index contributed by atoms with van der Waals surface area (Å²) in [5.41, 5.74) is 1.32. The van der Waals surface area contributed by atoms with Gasteiger partial charge < -0.3 is 10.6 Å². The highest BCUT2D eigenvalue weighted by Crippen LogP contribution is 2.22. The van der Waals surface area contributed by atoms with Crippen LogP contribution in [-0.2, 0) is 0 Å². The maximum atomic E-state index is 11.7. The first kappa shape index (κ1) is 15.7. The van der Waals surface area contributed by atoms with E-state index in [0.29, 0.717) is 20.8 Å². The molecule has 0 fully saturated rings. The maximum Gasteiger partial charge on any atom is 0.323 e. The average molecular weight is 342 g/mol. The molecule has 21 heavy (non-hydrogen) atoms. The summed E-state index contributed by atoms with van der Waals surface area (Å²) in [4.78, 5) is 11.7. The Morgan fingerprint density at radius 1 is 1.00 bits per heavy atom. The van der Waals surface area contributed by atoms with E-state index in [9.17, 15) is 4.79 Å². The van der Waals surface area contributed by atoms with Crippen molar-refractivity contribution >= 4 is 52.6 Å². The molecule has 2 amide bonds. The molecular weight excluding hydrogens is 331 g/mol. The molecule has 0 heterocycles. The quantitative estimate of drug-likeness (QED) is 0.767. The lowest BCUT2D eigenvalue weighted by molar-refractivity contribution is 0.255. The van der Waals surface area contributed by atoms with Crippen LogP contribution in [0.4, 0.5) is 10.5 Å². The monoisotopic (exact) mass is 340 g/mol. The number of amides is 2. The third-order valence-electron chi connectivity index (χ3n) is 2.50. The van der Waals surface area contributed by atoms with E-state index < -0.39 is 6.03 Å². The molecule has 2 aromatic rings. The lowest BCUT2D eigenvalue weighted by Crippen LogP contribution is -2.23. The van der Waals surface area contributed by atoms with Crippen molar-refractivity contribution in [3.05, 3.63) is 69.3 Å². The molecule has 0 aromatic heterocycles. The Bertz CT molecular complexity index is 666. The van der Waals surface area contributed by atoms with E-state index >= 15 is 0 Å². The summed E-state index contributed by atoms with van der Waals surface area (Å²) in [6.07, 6.45) is 3.20. The van der Waals surface area contributed by atoms with E-state index in [0.717, 1.165) is 5.56 Å². The van der Waals surface area contributed by atoms with Crippen LogP contribution in [0.2, 0.25) is 15.1 Å². The SMILES string of the molecule is O=C(N/C=C/c1ccccc1Cl)Nc1cc(Cl)cc(Cl)c1. The van der Waals surface area contributed by atoms with Gasteiger partial charge in [0, 0.05) is 27.0 Å². The Kier molecular flexibility index (Phi) is 5.51. The number of benzene rings is 2. The van der Waals surface area contributed by atoms with Gasteiger partial charge in [-0.25, -0.2) is 4.79 Å². The van der Waals surface area contributed by atoms with E-state index in [4.69, 9.17) is 34.8 Å². The summed E-state index contributed by atoms with van der Waals surface area (Å²) in [5.74, 6) is 0. The van der Waals surface area contributed by atoms with Crippen molar-refractivity contribution < 1.29 is 4.79 Å². The number of carbonyl (C=O) groups is 1. The zero-order chi connectivity index (χ0) is 15.2. The Morgan fingerprint density at radius 2 is 1.67 bits per heavy atom. The molecule has 6 heteroatoms. The predicted octanol–water partition coefficient (Wildman–Crippen LogP) is 5.44. The van der Waals surface area contributed by atoms with Crippen LogP contribution in [0.3, 0.4) is 0 Å². The topological polar surface area (TPSA) is 41.1 Å². The third kappa shape index (κ3) is 4.97. The molecule has 2 aromatic carbocycles. The summed E-state index contributed by atoms with van der Waals surface area (Å²) in [6, 6.07) is 11.7. The molecule has 2 rings (SSSR count). The second kappa shape index (κ2) is 7.36. The molecule has 0 radical (unpaired) electrons. The van der Waals surface area contributed by atoms with E-state index in [1.54, 1.807) is 30.3 Å². The highest BCUT2D eigenvalue weighted by molar-refractivity contribution is 6.35. The molecule has 0 saturated heterocycles. The van der Waals surface area contributed by atoms with Crippen LogP contribution in [0.25, 0.3) is 6.08 Å². The van der Waals surface area contributed by atoms with Gasteiger partial charge in [-0.1, -0.05) is 53.0 Å². The lowest BCUT2D eigenvalue weighted by atomic mass is 10.2. The molecule has 108 valence electrons. The zero-order valence-corrected chi connectivity index (χ0v) is 13.0. The largest absolute Gasteiger partial charge is 0.323 e. The molecule has 3 nitrogen and oxygen atoms in total. The van der Waals surface area contributed by atoms with E-state index in [1.165, 1.54) is 6.20 Å². The number of carbonyl (C=O) groups excluding carboxylic acids is 1. The number of hydrogen-bond donors (Lipinski definition) is 2. The van der Waals surface area contributed by atoms with Crippen molar-refractivity contribution in [1.29, 1.82) is 0 Å². The zero-order valence-electron chi connectivity index (χ0n) is 10.7. The first-order valence-electron chi connectivity index (χ1n) is 5.99. The Balaban J connectivity index is 1.95. The van der Waals surface area contributed by atoms with E-state index in [2.05, 4.69) is 10.6 Å². The summed E-state index contributed by atoms with van der Waals surface area (Å²) >= 11 is 17.7. The van der Waals surface area contributed by atoms with Gasteiger partial charge in [-0.2, -0.15) is 0 Å². The van der Waals surface area contributed by atoms with Crippen molar-refractivity contribution in [2.75, 3.05) is 5.32 Å². The molecule has 0 bridgehead atoms. The molecule has 0 unspecified atom stereocenters. The van der Waals surface area contributed by atoms with Crippen molar-refractivity contribution in [3.63, 3.8) is 0 Å². The van der Waals surface area contributed by atoms with Crippen LogP contribution in [-0.4, -0.2) is 6.03 Å². The smallest absolute Gasteiger partial charge is 0.314 e. The highest BCUT2D eigenvalue weighted by Gasteiger charge is 2.02. The summed E-state index contributed by atoms with van der Waals surface area (Å²) in [7, 11) is 0. The Labute approximate surface area is 137 Å². The number of halogens is 3. The van der Waals surface area contributed by atoms with E-state index in [1.807, 2.05) is 18.2 Å². The molecule has 0 aliphatic carbocycles. The van der Waals surface area contributed by atoms with Crippen LogP contribution < -0.4 is 10.6 Å². The first-order valence-corrected chi connectivity index (χ1v) is 7.13. The van der Waals surface area contributed by atoms with Gasteiger partial charge in [-0.15, -0.1) is 0 Å². The van der Waals surface area contributed by atoms with Crippen LogP contribution in [0.1, 0.15) is 5.56 Å². The summed E-state index contributed by atoms with van der Waals surface area (Å²) in [6.45, 7) is 0. The van der Waals surface area contributed by atoms with Gasteiger partial charge in [0.1, 0.15) is 0 Å².